The zero-order chi connectivity index (χ0) is 27.4. The number of carbonyl (C=O) groups excluding carboxylic acids is 3. The quantitative estimate of drug-likeness (QED) is 0.0769. The second kappa shape index (κ2) is 14.8. The van der Waals surface area contributed by atoms with Crippen molar-refractivity contribution in [1.82, 2.24) is 21.3 Å². The van der Waals surface area contributed by atoms with E-state index in [1.54, 1.807) is 0 Å². The van der Waals surface area contributed by atoms with E-state index in [1.807, 2.05) is 30.3 Å². The van der Waals surface area contributed by atoms with Crippen LogP contribution in [0.1, 0.15) is 38.2 Å². The van der Waals surface area contributed by atoms with Crippen LogP contribution in [0.3, 0.4) is 0 Å². The summed E-state index contributed by atoms with van der Waals surface area (Å²) in [4.78, 5) is 54.4. The number of rotatable bonds is 14. The zero-order valence-corrected chi connectivity index (χ0v) is 20.9. The molecule has 0 radical (unpaired) electrons. The summed E-state index contributed by atoms with van der Waals surface area (Å²) in [5, 5.41) is 29.8. The molecule has 2 rings (SSSR count). The monoisotopic (exact) mass is 519 g/mol. The van der Waals surface area contributed by atoms with Gasteiger partial charge >= 0.3 is 5.97 Å². The van der Waals surface area contributed by atoms with Crippen molar-refractivity contribution in [3.8, 4) is 0 Å². The van der Waals surface area contributed by atoms with Crippen molar-refractivity contribution in [2.75, 3.05) is 13.1 Å². The Hall–Kier alpha value is -3.71. The van der Waals surface area contributed by atoms with Crippen molar-refractivity contribution in [2.45, 2.75) is 69.3 Å². The number of carbonyl (C=O) groups is 4. The van der Waals surface area contributed by atoms with Crippen LogP contribution in [0.4, 0.5) is 0 Å². The van der Waals surface area contributed by atoms with Gasteiger partial charge in [0.15, 0.2) is 12.0 Å². The number of hydrogen-bond acceptors (Lipinski definition) is 7. The molecule has 13 nitrogen and oxygen atoms in total. The van der Waals surface area contributed by atoms with E-state index in [0.717, 1.165) is 12.0 Å². The van der Waals surface area contributed by atoms with Gasteiger partial charge in [-0.2, -0.15) is 0 Å². The molecule has 3 amide bonds. The van der Waals surface area contributed by atoms with Crippen LogP contribution in [-0.4, -0.2) is 83.2 Å². The summed E-state index contributed by atoms with van der Waals surface area (Å²) in [6, 6.07) is 4.96. The van der Waals surface area contributed by atoms with Gasteiger partial charge < -0.3 is 42.9 Å². The lowest BCUT2D eigenvalue weighted by Crippen LogP contribution is -2.58. The Morgan fingerprint density at radius 2 is 1.76 bits per heavy atom. The maximum atomic E-state index is 13.3. The second-order valence-corrected chi connectivity index (χ2v) is 8.97. The van der Waals surface area contributed by atoms with E-state index in [0.29, 0.717) is 19.4 Å². The number of nitrogens with one attached hydrogen (secondary N) is 4. The van der Waals surface area contributed by atoms with E-state index < -0.39 is 48.1 Å². The molecule has 1 aliphatic rings. The molecule has 0 saturated carbocycles. The second-order valence-electron chi connectivity index (χ2n) is 8.97. The van der Waals surface area contributed by atoms with Crippen LogP contribution in [0.25, 0.3) is 0 Å². The first-order chi connectivity index (χ1) is 17.6. The van der Waals surface area contributed by atoms with E-state index >= 15 is 0 Å². The van der Waals surface area contributed by atoms with E-state index in [9.17, 15) is 29.4 Å². The number of carboxylic acid groups (broad SMARTS) is 1. The van der Waals surface area contributed by atoms with E-state index in [-0.39, 0.29) is 31.3 Å². The molecule has 0 aromatic heterocycles. The third-order valence-corrected chi connectivity index (χ3v) is 5.92. The highest BCUT2D eigenvalue weighted by molar-refractivity contribution is 5.94. The van der Waals surface area contributed by atoms with Crippen LogP contribution >= 0.6 is 0 Å². The Morgan fingerprint density at radius 1 is 1.08 bits per heavy atom. The highest BCUT2D eigenvalue weighted by Gasteiger charge is 2.32. The first-order valence-electron chi connectivity index (χ1n) is 12.2. The van der Waals surface area contributed by atoms with Crippen molar-refractivity contribution in [2.24, 2.45) is 16.5 Å². The van der Waals surface area contributed by atoms with Crippen molar-refractivity contribution < 1.29 is 29.4 Å². The molecular weight excluding hydrogens is 482 g/mol. The van der Waals surface area contributed by atoms with Crippen LogP contribution in [0.5, 0.6) is 0 Å². The molecule has 204 valence electrons. The van der Waals surface area contributed by atoms with Crippen molar-refractivity contribution in [3.63, 3.8) is 0 Å². The summed E-state index contributed by atoms with van der Waals surface area (Å²) < 4.78 is 0. The highest BCUT2D eigenvalue weighted by atomic mass is 16.4. The number of nitrogens with two attached hydrogens (primary N) is 2. The molecule has 0 bridgehead atoms. The molecule has 1 aromatic carbocycles. The first-order valence-corrected chi connectivity index (χ1v) is 12.2. The fraction of sp³-hybridized carbons (Fsp3) is 0.542. The molecule has 0 spiro atoms. The average Bonchev–Trinajstić information content (AvgIpc) is 3.39. The van der Waals surface area contributed by atoms with Crippen molar-refractivity contribution in [3.05, 3.63) is 35.9 Å². The third-order valence-electron chi connectivity index (χ3n) is 5.92. The molecule has 10 N–H and O–H groups in total. The highest BCUT2D eigenvalue weighted by Crippen LogP contribution is 2.09. The number of nitrogens with zero attached hydrogens (tertiary/aromatic N) is 1. The fourth-order valence-electron chi connectivity index (χ4n) is 3.93. The fourth-order valence-corrected chi connectivity index (χ4v) is 3.93. The van der Waals surface area contributed by atoms with Crippen LogP contribution in [-0.2, 0) is 25.6 Å². The van der Waals surface area contributed by atoms with E-state index in [1.165, 1.54) is 6.92 Å². The molecule has 0 aliphatic carbocycles. The Kier molecular flexibility index (Phi) is 11.8. The lowest BCUT2D eigenvalue weighted by atomic mass is 10.0. The van der Waals surface area contributed by atoms with Gasteiger partial charge in [-0.1, -0.05) is 30.3 Å². The zero-order valence-electron chi connectivity index (χ0n) is 20.9. The largest absolute Gasteiger partial charge is 0.480 e. The molecule has 13 heteroatoms. The summed E-state index contributed by atoms with van der Waals surface area (Å²) in [6.07, 6.45) is 0.681. The van der Waals surface area contributed by atoms with Gasteiger partial charge in [-0.25, -0.2) is 4.79 Å². The van der Waals surface area contributed by atoms with Gasteiger partial charge in [-0.15, -0.1) is 0 Å². The molecule has 1 aromatic rings. The molecule has 1 saturated heterocycles. The number of guanidine groups is 1. The van der Waals surface area contributed by atoms with Crippen molar-refractivity contribution >= 4 is 29.7 Å². The SMILES string of the molecule is CC(O)C(NC(=O)C(CCCN=C(N)N)NC(=O)C(Cc1ccccc1)NC(=O)C1CCCN1)C(=O)O. The molecule has 1 aliphatic heterocycles. The standard InChI is InChI=1S/C24H37N7O6/c1-14(32)19(23(36)37)31-21(34)17(10-6-12-28-24(25)26)29-22(35)18(13-15-7-3-2-4-8-15)30-20(33)16-9-5-11-27-16/h2-4,7-8,14,16-19,27,32H,5-6,9-13H2,1H3,(H,29,35)(H,30,33)(H,31,34)(H,36,37)(H4,25,26,28). The molecule has 5 unspecified atom stereocenters. The number of aliphatic carboxylic acids is 1. The number of aliphatic hydroxyl groups excluding tert-OH is 1. The van der Waals surface area contributed by atoms with Gasteiger partial charge in [0.1, 0.15) is 12.1 Å². The maximum Gasteiger partial charge on any atom is 0.328 e. The molecule has 5 atom stereocenters. The topological polar surface area (TPSA) is 221 Å². The number of carboxylic acids is 1. The average molecular weight is 520 g/mol. The van der Waals surface area contributed by atoms with Gasteiger partial charge in [0.25, 0.3) is 0 Å². The Morgan fingerprint density at radius 3 is 2.32 bits per heavy atom. The molecule has 1 fully saturated rings. The molecular formula is C24H37N7O6. The minimum atomic E-state index is -1.57. The number of benzene rings is 1. The first kappa shape index (κ1) is 29.5. The lowest BCUT2D eigenvalue weighted by molar-refractivity contribution is -0.145. The Balaban J connectivity index is 2.20. The van der Waals surface area contributed by atoms with Gasteiger partial charge in [-0.3, -0.25) is 19.4 Å². The van der Waals surface area contributed by atoms with Crippen LogP contribution in [0, 0.1) is 0 Å². The normalized spacial score (nSPS) is 18.1. The van der Waals surface area contributed by atoms with Crippen LogP contribution in [0.15, 0.2) is 35.3 Å². The minimum Gasteiger partial charge on any atom is -0.480 e. The summed E-state index contributed by atoms with van der Waals surface area (Å²) in [5.74, 6) is -3.28. The molecule has 37 heavy (non-hydrogen) atoms. The van der Waals surface area contributed by atoms with Crippen LogP contribution < -0.4 is 32.7 Å². The summed E-state index contributed by atoms with van der Waals surface area (Å²) in [5.41, 5.74) is 11.5. The predicted molar refractivity (Wildman–Crippen MR) is 136 cm³/mol. The van der Waals surface area contributed by atoms with Gasteiger partial charge in [0, 0.05) is 13.0 Å². The Labute approximate surface area is 215 Å². The predicted octanol–water partition coefficient (Wildman–Crippen LogP) is -2.05. The van der Waals surface area contributed by atoms with Gasteiger partial charge in [-0.05, 0) is 44.7 Å². The number of aliphatic imine (C=N–C) groups is 1. The minimum absolute atomic E-state index is 0.0800. The number of aliphatic hydroxyl groups is 1. The van der Waals surface area contributed by atoms with Gasteiger partial charge in [0.05, 0.1) is 12.1 Å². The van der Waals surface area contributed by atoms with E-state index in [2.05, 4.69) is 26.3 Å². The van der Waals surface area contributed by atoms with Gasteiger partial charge in [0.2, 0.25) is 17.7 Å². The number of amides is 3. The Bertz CT molecular complexity index is 946. The maximum absolute atomic E-state index is 13.3. The summed E-state index contributed by atoms with van der Waals surface area (Å²) in [6.45, 7) is 2.12. The lowest BCUT2D eigenvalue weighted by Gasteiger charge is -2.26. The van der Waals surface area contributed by atoms with Crippen molar-refractivity contribution in [1.29, 1.82) is 0 Å². The summed E-state index contributed by atoms with van der Waals surface area (Å²) in [7, 11) is 0. The molecule has 1 heterocycles. The van der Waals surface area contributed by atoms with E-state index in [4.69, 9.17) is 11.5 Å². The summed E-state index contributed by atoms with van der Waals surface area (Å²) >= 11 is 0. The smallest absolute Gasteiger partial charge is 0.328 e. The number of hydrogen-bond donors (Lipinski definition) is 8. The van der Waals surface area contributed by atoms with Crippen LogP contribution in [0.2, 0.25) is 0 Å². The third kappa shape index (κ3) is 10.1.